The number of alkyl halides is 3. The van der Waals surface area contributed by atoms with Crippen molar-refractivity contribution in [3.63, 3.8) is 0 Å². The first-order valence-electron chi connectivity index (χ1n) is 10.4. The highest BCUT2D eigenvalue weighted by Crippen LogP contribution is 2.42. The van der Waals surface area contributed by atoms with Gasteiger partial charge in [-0.15, -0.1) is 0 Å². The molecule has 1 heterocycles. The molecule has 2 aromatic carbocycles. The maximum Gasteiger partial charge on any atom is 0.432 e. The van der Waals surface area contributed by atoms with E-state index in [0.29, 0.717) is 18.9 Å². The summed E-state index contributed by atoms with van der Waals surface area (Å²) in [5.41, 5.74) is -1.62. The molecule has 2 aromatic rings. The maximum atomic E-state index is 13.1. The van der Waals surface area contributed by atoms with E-state index in [2.05, 4.69) is 5.32 Å². The normalized spacial score (nSPS) is 18.3. The van der Waals surface area contributed by atoms with Crippen molar-refractivity contribution < 1.29 is 32.3 Å². The predicted molar refractivity (Wildman–Crippen MR) is 113 cm³/mol. The van der Waals surface area contributed by atoms with Gasteiger partial charge in [-0.2, -0.15) is 18.2 Å². The number of nitrogens with zero attached hydrogens (tertiary/aromatic N) is 2. The SMILES string of the molecule is O=C(Nc1ccc(Cl)c(C(F)(F)F)c1)ON1N(Cc2ccccc2)C(=O)OC12CCCCC2. The Hall–Kier alpha value is -2.98. The second-order valence-electron chi connectivity index (χ2n) is 7.89. The fourth-order valence-corrected chi connectivity index (χ4v) is 4.23. The van der Waals surface area contributed by atoms with Gasteiger partial charge in [0.2, 0.25) is 5.72 Å². The number of ether oxygens (including phenoxy) is 1. The molecule has 1 aliphatic carbocycles. The van der Waals surface area contributed by atoms with Crippen LogP contribution in [0.1, 0.15) is 43.2 Å². The number of carbonyl (C=O) groups excluding carboxylic acids is 2. The maximum absolute atomic E-state index is 13.1. The van der Waals surface area contributed by atoms with Crippen molar-refractivity contribution in [1.82, 2.24) is 10.2 Å². The second kappa shape index (κ2) is 9.11. The third kappa shape index (κ3) is 5.01. The zero-order valence-corrected chi connectivity index (χ0v) is 18.2. The number of hydrogen-bond donors (Lipinski definition) is 1. The molecule has 0 aromatic heterocycles. The third-order valence-electron chi connectivity index (χ3n) is 5.55. The summed E-state index contributed by atoms with van der Waals surface area (Å²) in [6.07, 6.45) is -3.03. The van der Waals surface area contributed by atoms with Crippen molar-refractivity contribution in [1.29, 1.82) is 0 Å². The van der Waals surface area contributed by atoms with E-state index >= 15 is 0 Å². The van der Waals surface area contributed by atoms with Gasteiger partial charge in [0, 0.05) is 23.7 Å². The first-order chi connectivity index (χ1) is 15.7. The smallest absolute Gasteiger partial charge is 0.421 e. The van der Waals surface area contributed by atoms with Gasteiger partial charge in [0.25, 0.3) is 0 Å². The average Bonchev–Trinajstić information content (AvgIpc) is 3.00. The largest absolute Gasteiger partial charge is 0.432 e. The van der Waals surface area contributed by atoms with Gasteiger partial charge in [0.1, 0.15) is 0 Å². The Bertz CT molecular complexity index is 1030. The van der Waals surface area contributed by atoms with Crippen LogP contribution in [0.3, 0.4) is 0 Å². The van der Waals surface area contributed by atoms with Crippen LogP contribution in [-0.2, 0) is 22.3 Å². The van der Waals surface area contributed by atoms with Crippen molar-refractivity contribution in [3.8, 4) is 0 Å². The molecule has 1 saturated carbocycles. The fourth-order valence-electron chi connectivity index (χ4n) is 4.00. The number of hydrogen-bond acceptors (Lipinski definition) is 5. The highest BCUT2D eigenvalue weighted by atomic mass is 35.5. The van der Waals surface area contributed by atoms with Crippen LogP contribution < -0.4 is 5.32 Å². The van der Waals surface area contributed by atoms with Crippen molar-refractivity contribution in [3.05, 3.63) is 64.7 Å². The minimum Gasteiger partial charge on any atom is -0.421 e. The predicted octanol–water partition coefficient (Wildman–Crippen LogP) is 6.35. The number of anilines is 1. The molecule has 1 aliphatic heterocycles. The van der Waals surface area contributed by atoms with E-state index in [1.54, 1.807) is 0 Å². The molecule has 4 rings (SSSR count). The Kier molecular flexibility index (Phi) is 6.40. The number of hydrazine groups is 1. The van der Waals surface area contributed by atoms with Crippen molar-refractivity contribution in [2.45, 2.75) is 50.6 Å². The molecule has 2 fully saturated rings. The lowest BCUT2D eigenvalue weighted by atomic mass is 9.92. The molecule has 1 N–H and O–H groups in total. The lowest BCUT2D eigenvalue weighted by molar-refractivity contribution is -0.298. The highest BCUT2D eigenvalue weighted by molar-refractivity contribution is 6.31. The molecule has 0 radical (unpaired) electrons. The molecule has 1 spiro atoms. The number of nitrogens with one attached hydrogen (secondary N) is 1. The summed E-state index contributed by atoms with van der Waals surface area (Å²) in [6.45, 7) is 0.0911. The number of benzene rings is 2. The number of amides is 2. The van der Waals surface area contributed by atoms with Gasteiger partial charge >= 0.3 is 18.4 Å². The highest BCUT2D eigenvalue weighted by Gasteiger charge is 2.55. The summed E-state index contributed by atoms with van der Waals surface area (Å²) < 4.78 is 45.1. The molecule has 0 unspecified atom stereocenters. The first kappa shape index (κ1) is 23.2. The minimum absolute atomic E-state index is 0.0911. The van der Waals surface area contributed by atoms with E-state index in [1.807, 2.05) is 30.3 Å². The van der Waals surface area contributed by atoms with Gasteiger partial charge < -0.3 is 9.57 Å². The van der Waals surface area contributed by atoms with Gasteiger partial charge in [-0.05, 0) is 36.6 Å². The lowest BCUT2D eigenvalue weighted by Gasteiger charge is -2.37. The molecular formula is C22H21ClF3N3O4. The number of rotatable bonds is 4. The van der Waals surface area contributed by atoms with Crippen LogP contribution in [0.5, 0.6) is 0 Å². The molecule has 2 amide bonds. The quantitative estimate of drug-likeness (QED) is 0.548. The summed E-state index contributed by atoms with van der Waals surface area (Å²) in [6, 6.07) is 12.0. The molecule has 33 heavy (non-hydrogen) atoms. The summed E-state index contributed by atoms with van der Waals surface area (Å²) in [7, 11) is 0. The Morgan fingerprint density at radius 3 is 2.48 bits per heavy atom. The monoisotopic (exact) mass is 483 g/mol. The van der Waals surface area contributed by atoms with E-state index < -0.39 is 34.7 Å². The van der Waals surface area contributed by atoms with Crippen LogP contribution in [0, 0.1) is 0 Å². The van der Waals surface area contributed by atoms with Crippen molar-refractivity contribution in [2.75, 3.05) is 5.32 Å². The lowest BCUT2D eigenvalue weighted by Crippen LogP contribution is -2.52. The molecular weight excluding hydrogens is 463 g/mol. The van der Waals surface area contributed by atoms with Crippen LogP contribution >= 0.6 is 11.6 Å². The topological polar surface area (TPSA) is 71.1 Å². The second-order valence-corrected chi connectivity index (χ2v) is 8.29. The minimum atomic E-state index is -4.69. The molecule has 7 nitrogen and oxygen atoms in total. The summed E-state index contributed by atoms with van der Waals surface area (Å²) in [5, 5.41) is 4.09. The Morgan fingerprint density at radius 2 is 1.82 bits per heavy atom. The van der Waals surface area contributed by atoms with E-state index in [1.165, 1.54) is 11.1 Å². The summed E-state index contributed by atoms with van der Waals surface area (Å²) in [4.78, 5) is 30.8. The zero-order chi connectivity index (χ0) is 23.6. The Morgan fingerprint density at radius 1 is 1.12 bits per heavy atom. The van der Waals surface area contributed by atoms with Crippen LogP contribution in [0.4, 0.5) is 28.4 Å². The molecule has 2 aliphatic rings. The molecule has 1 saturated heterocycles. The van der Waals surface area contributed by atoms with Gasteiger partial charge in [-0.1, -0.05) is 48.4 Å². The van der Waals surface area contributed by atoms with E-state index in [0.717, 1.165) is 36.1 Å². The van der Waals surface area contributed by atoms with Gasteiger partial charge in [0.15, 0.2) is 0 Å². The Balaban J connectivity index is 1.56. The summed E-state index contributed by atoms with van der Waals surface area (Å²) >= 11 is 5.63. The average molecular weight is 484 g/mol. The first-order valence-corrected chi connectivity index (χ1v) is 10.8. The number of carbonyl (C=O) groups is 2. The Labute approximate surface area is 192 Å². The molecule has 11 heteroatoms. The van der Waals surface area contributed by atoms with Crippen LogP contribution in [-0.4, -0.2) is 28.1 Å². The standard InChI is InChI=1S/C22H21ClF3N3O4/c23-18-10-9-16(13-17(18)22(24,25)26)27-19(30)33-29-21(11-5-2-6-12-21)32-20(31)28(29)14-15-7-3-1-4-8-15/h1,3-4,7-10,13H,2,5-6,11-12,14H2,(H,27,30). The van der Waals surface area contributed by atoms with Crippen LogP contribution in [0.15, 0.2) is 48.5 Å². The molecule has 176 valence electrons. The van der Waals surface area contributed by atoms with Gasteiger partial charge in [-0.25, -0.2) is 9.59 Å². The summed E-state index contributed by atoms with van der Waals surface area (Å²) in [5.74, 6) is 0. The number of halogens is 4. The van der Waals surface area contributed by atoms with Crippen molar-refractivity contribution in [2.24, 2.45) is 0 Å². The number of hydroxylamine groups is 1. The van der Waals surface area contributed by atoms with Gasteiger partial charge in [0.05, 0.1) is 17.1 Å². The van der Waals surface area contributed by atoms with Crippen LogP contribution in [0.25, 0.3) is 0 Å². The zero-order valence-electron chi connectivity index (χ0n) is 17.4. The van der Waals surface area contributed by atoms with Crippen LogP contribution in [0.2, 0.25) is 5.02 Å². The van der Waals surface area contributed by atoms with E-state index in [4.69, 9.17) is 21.2 Å². The fraction of sp³-hybridized carbons (Fsp3) is 0.364. The van der Waals surface area contributed by atoms with E-state index in [-0.39, 0.29) is 12.2 Å². The molecule has 0 atom stereocenters. The van der Waals surface area contributed by atoms with Crippen molar-refractivity contribution >= 4 is 29.5 Å². The van der Waals surface area contributed by atoms with Gasteiger partial charge in [-0.3, -0.25) is 5.32 Å². The van der Waals surface area contributed by atoms with E-state index in [9.17, 15) is 22.8 Å². The molecule has 0 bridgehead atoms. The third-order valence-corrected chi connectivity index (χ3v) is 5.88.